The number of benzene rings is 3. The number of Topliss-reactive ketones (excluding diaryl/α,β-unsaturated/α-hetero) is 1. The quantitative estimate of drug-likeness (QED) is 0.561. The number of rotatable bonds is 6. The van der Waals surface area contributed by atoms with Crippen molar-refractivity contribution in [2.24, 2.45) is 0 Å². The Balaban J connectivity index is 1.58. The van der Waals surface area contributed by atoms with Gasteiger partial charge in [0.25, 0.3) is 0 Å². The summed E-state index contributed by atoms with van der Waals surface area (Å²) < 4.78 is 0. The van der Waals surface area contributed by atoms with E-state index < -0.39 is 0 Å². The summed E-state index contributed by atoms with van der Waals surface area (Å²) in [4.78, 5) is 12.3. The zero-order valence-corrected chi connectivity index (χ0v) is 13.6. The molecule has 114 valence electrons. The lowest BCUT2D eigenvalue weighted by atomic mass is 10.0. The fraction of sp³-hybridized carbons (Fsp3) is 0.0952. The van der Waals surface area contributed by atoms with E-state index in [0.717, 1.165) is 16.9 Å². The van der Waals surface area contributed by atoms with Gasteiger partial charge in [-0.05, 0) is 16.7 Å². The molecule has 0 unspecified atom stereocenters. The van der Waals surface area contributed by atoms with Crippen LogP contribution in [-0.4, -0.2) is 11.5 Å². The van der Waals surface area contributed by atoms with Crippen molar-refractivity contribution >= 4 is 17.5 Å². The van der Waals surface area contributed by atoms with Crippen molar-refractivity contribution in [2.75, 3.05) is 5.75 Å². The maximum Gasteiger partial charge on any atom is 0.172 e. The molecule has 2 heteroatoms. The number of carbonyl (C=O) groups is 1. The van der Waals surface area contributed by atoms with Crippen LogP contribution in [0.15, 0.2) is 84.9 Å². The van der Waals surface area contributed by atoms with Gasteiger partial charge < -0.3 is 0 Å². The Kier molecular flexibility index (Phi) is 5.28. The Morgan fingerprint density at radius 1 is 0.696 bits per heavy atom. The molecule has 0 aliphatic heterocycles. The molecule has 0 amide bonds. The summed E-state index contributed by atoms with van der Waals surface area (Å²) >= 11 is 1.66. The highest BCUT2D eigenvalue weighted by atomic mass is 32.2. The lowest BCUT2D eigenvalue weighted by Gasteiger charge is -2.05. The van der Waals surface area contributed by atoms with Gasteiger partial charge in [0.15, 0.2) is 5.78 Å². The van der Waals surface area contributed by atoms with Crippen LogP contribution in [-0.2, 0) is 5.75 Å². The van der Waals surface area contributed by atoms with E-state index in [-0.39, 0.29) is 5.78 Å². The molecule has 0 spiro atoms. The van der Waals surface area contributed by atoms with Crippen LogP contribution in [0.5, 0.6) is 0 Å². The molecule has 23 heavy (non-hydrogen) atoms. The van der Waals surface area contributed by atoms with E-state index in [2.05, 4.69) is 24.3 Å². The van der Waals surface area contributed by atoms with Gasteiger partial charge in [-0.1, -0.05) is 84.9 Å². The molecule has 0 atom stereocenters. The molecule has 0 radical (unpaired) electrons. The third-order valence-electron chi connectivity index (χ3n) is 3.66. The molecule has 0 N–H and O–H groups in total. The molecule has 0 saturated carbocycles. The monoisotopic (exact) mass is 318 g/mol. The van der Waals surface area contributed by atoms with E-state index in [1.807, 2.05) is 60.7 Å². The molecule has 0 heterocycles. The second-order valence-corrected chi connectivity index (χ2v) is 6.33. The number of carbonyl (C=O) groups excluding carboxylic acids is 1. The van der Waals surface area contributed by atoms with Crippen molar-refractivity contribution in [3.05, 3.63) is 96.1 Å². The minimum atomic E-state index is 0.186. The Morgan fingerprint density at radius 2 is 1.26 bits per heavy atom. The Bertz CT molecular complexity index is 749. The summed E-state index contributed by atoms with van der Waals surface area (Å²) in [5.41, 5.74) is 4.35. The van der Waals surface area contributed by atoms with Gasteiger partial charge in [-0.25, -0.2) is 0 Å². The lowest BCUT2D eigenvalue weighted by Crippen LogP contribution is -2.02. The van der Waals surface area contributed by atoms with Crippen LogP contribution in [0.2, 0.25) is 0 Å². The SMILES string of the molecule is O=C(CSCc1ccccc1)c1ccc(-c2ccccc2)cc1. The van der Waals surface area contributed by atoms with Crippen molar-refractivity contribution in [3.63, 3.8) is 0 Å². The fourth-order valence-corrected chi connectivity index (χ4v) is 3.28. The second-order valence-electron chi connectivity index (χ2n) is 5.34. The molecule has 0 aliphatic carbocycles. The molecular weight excluding hydrogens is 300 g/mol. The molecule has 0 aliphatic rings. The standard InChI is InChI=1S/C21H18OS/c22-21(16-23-15-17-7-3-1-4-8-17)20-13-11-19(12-14-20)18-9-5-2-6-10-18/h1-14H,15-16H2. The smallest absolute Gasteiger partial charge is 0.172 e. The van der Waals surface area contributed by atoms with E-state index in [4.69, 9.17) is 0 Å². The molecule has 0 fully saturated rings. The van der Waals surface area contributed by atoms with Gasteiger partial charge in [0, 0.05) is 11.3 Å². The number of thioether (sulfide) groups is 1. The third-order valence-corrected chi connectivity index (χ3v) is 4.66. The van der Waals surface area contributed by atoms with E-state index in [9.17, 15) is 4.79 Å². The van der Waals surface area contributed by atoms with Crippen LogP contribution in [0.25, 0.3) is 11.1 Å². The van der Waals surface area contributed by atoms with Crippen molar-refractivity contribution in [2.45, 2.75) is 5.75 Å². The van der Waals surface area contributed by atoms with Crippen molar-refractivity contribution in [3.8, 4) is 11.1 Å². The zero-order chi connectivity index (χ0) is 15.9. The van der Waals surface area contributed by atoms with Gasteiger partial charge in [-0.3, -0.25) is 4.79 Å². The van der Waals surface area contributed by atoms with E-state index in [0.29, 0.717) is 5.75 Å². The molecule has 3 aromatic carbocycles. The number of hydrogen-bond donors (Lipinski definition) is 0. The summed E-state index contributed by atoms with van der Waals surface area (Å²) in [7, 11) is 0. The Labute approximate surface area is 141 Å². The summed E-state index contributed by atoms with van der Waals surface area (Å²) in [5, 5.41) is 0. The van der Waals surface area contributed by atoms with Gasteiger partial charge in [0.2, 0.25) is 0 Å². The van der Waals surface area contributed by atoms with Gasteiger partial charge in [-0.15, -0.1) is 11.8 Å². The second kappa shape index (κ2) is 7.80. The minimum Gasteiger partial charge on any atom is -0.293 e. The van der Waals surface area contributed by atoms with Gasteiger partial charge in [0.05, 0.1) is 5.75 Å². The first kappa shape index (κ1) is 15.6. The third kappa shape index (κ3) is 4.33. The van der Waals surface area contributed by atoms with Gasteiger partial charge in [-0.2, -0.15) is 0 Å². The summed E-state index contributed by atoms with van der Waals surface area (Å²) in [6.45, 7) is 0. The maximum absolute atomic E-state index is 12.3. The molecular formula is C21H18OS. The van der Waals surface area contributed by atoms with Gasteiger partial charge >= 0.3 is 0 Å². The highest BCUT2D eigenvalue weighted by Gasteiger charge is 2.06. The van der Waals surface area contributed by atoms with Crippen molar-refractivity contribution in [1.82, 2.24) is 0 Å². The first-order valence-electron chi connectivity index (χ1n) is 7.63. The molecule has 0 aromatic heterocycles. The van der Waals surface area contributed by atoms with Crippen LogP contribution < -0.4 is 0 Å². The molecule has 0 bridgehead atoms. The first-order chi connectivity index (χ1) is 11.3. The predicted octanol–water partition coefficient (Wildman–Crippen LogP) is 5.47. The van der Waals surface area contributed by atoms with E-state index in [1.165, 1.54) is 11.1 Å². The maximum atomic E-state index is 12.3. The van der Waals surface area contributed by atoms with Crippen molar-refractivity contribution < 1.29 is 4.79 Å². The number of ketones is 1. The number of hydrogen-bond acceptors (Lipinski definition) is 2. The molecule has 0 saturated heterocycles. The predicted molar refractivity (Wildman–Crippen MR) is 98.8 cm³/mol. The van der Waals surface area contributed by atoms with Crippen molar-refractivity contribution in [1.29, 1.82) is 0 Å². The summed E-state index contributed by atoms with van der Waals surface area (Å²) in [5.74, 6) is 1.57. The lowest BCUT2D eigenvalue weighted by molar-refractivity contribution is 0.102. The van der Waals surface area contributed by atoms with E-state index in [1.54, 1.807) is 11.8 Å². The Hall–Kier alpha value is -2.32. The van der Waals surface area contributed by atoms with Crippen LogP contribution >= 0.6 is 11.8 Å². The van der Waals surface area contributed by atoms with E-state index >= 15 is 0 Å². The zero-order valence-electron chi connectivity index (χ0n) is 12.8. The average Bonchev–Trinajstić information content (AvgIpc) is 2.63. The van der Waals surface area contributed by atoms with Gasteiger partial charge in [0.1, 0.15) is 0 Å². The largest absolute Gasteiger partial charge is 0.293 e. The fourth-order valence-electron chi connectivity index (χ4n) is 2.40. The molecule has 1 nitrogen and oxygen atoms in total. The summed E-state index contributed by atoms with van der Waals surface area (Å²) in [6.07, 6.45) is 0. The highest BCUT2D eigenvalue weighted by molar-refractivity contribution is 7.99. The van der Waals surface area contributed by atoms with Crippen LogP contribution in [0.4, 0.5) is 0 Å². The summed E-state index contributed by atoms with van der Waals surface area (Å²) in [6, 6.07) is 28.3. The Morgan fingerprint density at radius 3 is 1.91 bits per heavy atom. The molecule has 3 aromatic rings. The minimum absolute atomic E-state index is 0.186. The first-order valence-corrected chi connectivity index (χ1v) is 8.79. The molecule has 3 rings (SSSR count). The topological polar surface area (TPSA) is 17.1 Å². The van der Waals surface area contributed by atoms with Crippen LogP contribution in [0.3, 0.4) is 0 Å². The average molecular weight is 318 g/mol. The normalized spacial score (nSPS) is 10.4. The van der Waals surface area contributed by atoms with Crippen LogP contribution in [0.1, 0.15) is 15.9 Å². The van der Waals surface area contributed by atoms with Crippen LogP contribution in [0, 0.1) is 0 Å². The highest BCUT2D eigenvalue weighted by Crippen LogP contribution is 2.20.